The normalized spacial score (nSPS) is 16.2. The van der Waals surface area contributed by atoms with E-state index in [-0.39, 0.29) is 24.2 Å². The molecule has 0 aromatic heterocycles. The summed E-state index contributed by atoms with van der Waals surface area (Å²) in [6.07, 6.45) is 1.72. The topological polar surface area (TPSA) is 32.8 Å². The Bertz CT molecular complexity index is 1080. The number of carbonyl (C=O) groups excluding carboxylic acids is 1. The number of hydrogen-bond acceptors (Lipinski definition) is 3. The second-order valence-corrected chi connectivity index (χ2v) is 8.72. The van der Waals surface area contributed by atoms with Gasteiger partial charge in [-0.2, -0.15) is 0 Å². The first-order chi connectivity index (χ1) is 15.2. The number of hydrogen-bond donors (Lipinski definition) is 0. The summed E-state index contributed by atoms with van der Waals surface area (Å²) in [4.78, 5) is 18.0. The highest BCUT2D eigenvalue weighted by molar-refractivity contribution is 6.31. The fourth-order valence-corrected chi connectivity index (χ4v) is 4.66. The molecule has 0 aliphatic carbocycles. The van der Waals surface area contributed by atoms with Gasteiger partial charge < -0.3 is 9.64 Å². The number of halogens is 2. The first-order valence-corrected chi connectivity index (χ1v) is 11.2. The maximum atomic E-state index is 13.7. The van der Waals surface area contributed by atoms with Crippen molar-refractivity contribution in [2.45, 2.75) is 25.9 Å². The van der Waals surface area contributed by atoms with Crippen LogP contribution in [0, 0.1) is 5.92 Å². The number of piperidine rings is 1. The molecule has 0 radical (unpaired) electrons. The van der Waals surface area contributed by atoms with E-state index in [2.05, 4.69) is 29.2 Å². The summed E-state index contributed by atoms with van der Waals surface area (Å²) in [7, 11) is 0. The van der Waals surface area contributed by atoms with E-state index in [0.29, 0.717) is 17.3 Å². The highest BCUT2D eigenvalue weighted by Gasteiger charge is 2.32. The molecular formula is C26H26Cl2N2O2. The van der Waals surface area contributed by atoms with Gasteiger partial charge in [-0.1, -0.05) is 60.1 Å². The molecule has 0 bridgehead atoms. The molecule has 32 heavy (non-hydrogen) atoms. The predicted molar refractivity (Wildman–Crippen MR) is 131 cm³/mol. The SMILES string of the molecule is Cl.O=C(C1CCN(Cc2ccccc2)CC1)N1Cc2ccccc2Oc2ccc(Cl)cc21. The van der Waals surface area contributed by atoms with Crippen LogP contribution in [0.1, 0.15) is 24.0 Å². The third-order valence-electron chi connectivity index (χ3n) is 6.18. The molecule has 3 aromatic rings. The molecule has 2 aliphatic heterocycles. The number of para-hydroxylation sites is 1. The Balaban J connectivity index is 0.00000245. The van der Waals surface area contributed by atoms with E-state index in [1.165, 1.54) is 5.56 Å². The lowest BCUT2D eigenvalue weighted by Crippen LogP contribution is -2.42. The molecule has 2 heterocycles. The van der Waals surface area contributed by atoms with Gasteiger partial charge in [0.1, 0.15) is 5.75 Å². The van der Waals surface area contributed by atoms with E-state index in [4.69, 9.17) is 16.3 Å². The lowest BCUT2D eigenvalue weighted by atomic mass is 9.94. The Morgan fingerprint density at radius 1 is 0.938 bits per heavy atom. The number of ether oxygens (including phenoxy) is 1. The first-order valence-electron chi connectivity index (χ1n) is 10.8. The van der Waals surface area contributed by atoms with Gasteiger partial charge in [0.05, 0.1) is 12.2 Å². The lowest BCUT2D eigenvalue weighted by Gasteiger charge is -2.34. The number of rotatable bonds is 3. The molecule has 0 atom stereocenters. The number of amides is 1. The Kier molecular flexibility index (Phi) is 7.04. The summed E-state index contributed by atoms with van der Waals surface area (Å²) in [5.74, 6) is 1.62. The molecule has 3 aromatic carbocycles. The minimum absolute atomic E-state index is 0. The molecule has 1 amide bonds. The molecule has 166 valence electrons. The zero-order valence-corrected chi connectivity index (χ0v) is 19.3. The third kappa shape index (κ3) is 4.78. The monoisotopic (exact) mass is 468 g/mol. The van der Waals surface area contributed by atoms with Crippen LogP contribution in [0.4, 0.5) is 5.69 Å². The summed E-state index contributed by atoms with van der Waals surface area (Å²) in [6.45, 7) is 3.28. The predicted octanol–water partition coefficient (Wildman–Crippen LogP) is 6.31. The van der Waals surface area contributed by atoms with E-state index >= 15 is 0 Å². The van der Waals surface area contributed by atoms with Crippen LogP contribution in [0.5, 0.6) is 11.5 Å². The summed E-state index contributed by atoms with van der Waals surface area (Å²) in [5.41, 5.74) is 3.07. The molecule has 0 saturated carbocycles. The van der Waals surface area contributed by atoms with Gasteiger partial charge >= 0.3 is 0 Å². The number of fused-ring (bicyclic) bond motifs is 2. The maximum absolute atomic E-state index is 13.7. The minimum atomic E-state index is 0. The van der Waals surface area contributed by atoms with Gasteiger partial charge in [0.25, 0.3) is 0 Å². The van der Waals surface area contributed by atoms with Crippen molar-refractivity contribution in [2.24, 2.45) is 5.92 Å². The van der Waals surface area contributed by atoms with Crippen LogP contribution in [-0.4, -0.2) is 23.9 Å². The number of carbonyl (C=O) groups is 1. The number of anilines is 1. The van der Waals surface area contributed by atoms with Gasteiger partial charge in [-0.3, -0.25) is 9.69 Å². The number of likely N-dealkylation sites (tertiary alicyclic amines) is 1. The van der Waals surface area contributed by atoms with Crippen molar-refractivity contribution in [1.82, 2.24) is 4.90 Å². The van der Waals surface area contributed by atoms with Gasteiger partial charge in [-0.15, -0.1) is 12.4 Å². The van der Waals surface area contributed by atoms with Gasteiger partial charge in [0, 0.05) is 23.0 Å². The van der Waals surface area contributed by atoms with E-state index in [1.54, 1.807) is 6.07 Å². The van der Waals surface area contributed by atoms with Crippen LogP contribution in [0.3, 0.4) is 0 Å². The average molecular weight is 469 g/mol. The zero-order chi connectivity index (χ0) is 21.2. The average Bonchev–Trinajstić information content (AvgIpc) is 2.96. The van der Waals surface area contributed by atoms with Crippen molar-refractivity contribution in [3.8, 4) is 11.5 Å². The molecule has 1 fully saturated rings. The van der Waals surface area contributed by atoms with Crippen LogP contribution >= 0.6 is 24.0 Å². The Hall–Kier alpha value is -2.53. The lowest BCUT2D eigenvalue weighted by molar-refractivity contribution is -0.124. The van der Waals surface area contributed by atoms with Crippen LogP contribution in [0.25, 0.3) is 0 Å². The van der Waals surface area contributed by atoms with Gasteiger partial charge in [0.2, 0.25) is 5.91 Å². The van der Waals surface area contributed by atoms with Crippen molar-refractivity contribution in [3.63, 3.8) is 0 Å². The van der Waals surface area contributed by atoms with Crippen LogP contribution < -0.4 is 9.64 Å². The molecule has 0 spiro atoms. The fraction of sp³-hybridized carbons (Fsp3) is 0.269. The van der Waals surface area contributed by atoms with E-state index in [1.807, 2.05) is 47.4 Å². The largest absolute Gasteiger partial charge is 0.455 e. The molecule has 6 heteroatoms. The molecule has 0 N–H and O–H groups in total. The van der Waals surface area contributed by atoms with E-state index in [0.717, 1.165) is 49.5 Å². The van der Waals surface area contributed by atoms with Crippen LogP contribution in [-0.2, 0) is 17.9 Å². The molecule has 1 saturated heterocycles. The van der Waals surface area contributed by atoms with Crippen molar-refractivity contribution >= 4 is 35.6 Å². The maximum Gasteiger partial charge on any atom is 0.230 e. The zero-order valence-electron chi connectivity index (χ0n) is 17.7. The fourth-order valence-electron chi connectivity index (χ4n) is 4.49. The molecule has 2 aliphatic rings. The number of nitrogens with zero attached hydrogens (tertiary/aromatic N) is 2. The minimum Gasteiger partial charge on any atom is -0.455 e. The Labute approximate surface area is 200 Å². The number of benzene rings is 3. The smallest absolute Gasteiger partial charge is 0.230 e. The van der Waals surface area contributed by atoms with Crippen LogP contribution in [0.2, 0.25) is 5.02 Å². The van der Waals surface area contributed by atoms with Gasteiger partial charge in [-0.05, 0) is 55.8 Å². The standard InChI is InChI=1S/C26H25ClN2O2.ClH/c27-22-10-11-25-23(16-22)29(18-21-8-4-5-9-24(21)31-25)26(30)20-12-14-28(15-13-20)17-19-6-2-1-3-7-19;/h1-11,16,20H,12-15,17-18H2;1H. The Morgan fingerprint density at radius 2 is 1.66 bits per heavy atom. The second kappa shape index (κ2) is 9.95. The first kappa shape index (κ1) is 22.7. The summed E-state index contributed by atoms with van der Waals surface area (Å²) >= 11 is 6.29. The molecule has 5 rings (SSSR count). The Morgan fingerprint density at radius 3 is 2.44 bits per heavy atom. The third-order valence-corrected chi connectivity index (χ3v) is 6.42. The van der Waals surface area contributed by atoms with Gasteiger partial charge in [0.15, 0.2) is 5.75 Å². The highest BCUT2D eigenvalue weighted by Crippen LogP contribution is 2.41. The molecular weight excluding hydrogens is 443 g/mol. The van der Waals surface area contributed by atoms with Crippen molar-refractivity contribution in [2.75, 3.05) is 18.0 Å². The summed E-state index contributed by atoms with van der Waals surface area (Å²) in [6, 6.07) is 23.9. The molecule has 4 nitrogen and oxygen atoms in total. The second-order valence-electron chi connectivity index (χ2n) is 8.28. The van der Waals surface area contributed by atoms with Crippen molar-refractivity contribution < 1.29 is 9.53 Å². The van der Waals surface area contributed by atoms with E-state index < -0.39 is 0 Å². The molecule has 0 unspecified atom stereocenters. The van der Waals surface area contributed by atoms with Gasteiger partial charge in [-0.25, -0.2) is 0 Å². The van der Waals surface area contributed by atoms with Crippen LogP contribution in [0.15, 0.2) is 72.8 Å². The van der Waals surface area contributed by atoms with Crippen molar-refractivity contribution in [1.29, 1.82) is 0 Å². The highest BCUT2D eigenvalue weighted by atomic mass is 35.5. The quantitative estimate of drug-likeness (QED) is 0.451. The summed E-state index contributed by atoms with van der Waals surface area (Å²) < 4.78 is 6.15. The van der Waals surface area contributed by atoms with Crippen molar-refractivity contribution in [3.05, 3.63) is 88.9 Å². The van der Waals surface area contributed by atoms with E-state index in [9.17, 15) is 4.79 Å². The summed E-state index contributed by atoms with van der Waals surface area (Å²) in [5, 5.41) is 0.601.